The van der Waals surface area contributed by atoms with E-state index in [4.69, 9.17) is 9.84 Å². The number of aromatic nitrogens is 2. The maximum Gasteiger partial charge on any atom is 0.216 e. The monoisotopic (exact) mass is 347 g/mol. The van der Waals surface area contributed by atoms with E-state index in [9.17, 15) is 4.79 Å². The van der Waals surface area contributed by atoms with Gasteiger partial charge in [-0.2, -0.15) is 5.10 Å². The molecule has 2 fully saturated rings. The summed E-state index contributed by atoms with van der Waals surface area (Å²) in [6.45, 7) is 8.19. The predicted octanol–water partition coefficient (Wildman–Crippen LogP) is 0.636. The normalized spacial score (nSPS) is 25.9. The molecular formula is C18H29N5O2. The number of ether oxygens (including phenoxy) is 1. The van der Waals surface area contributed by atoms with Crippen LogP contribution in [0, 0.1) is 0 Å². The third-order valence-corrected chi connectivity index (χ3v) is 5.79. The number of amides is 1. The fourth-order valence-corrected chi connectivity index (χ4v) is 4.34. The van der Waals surface area contributed by atoms with E-state index >= 15 is 0 Å². The van der Waals surface area contributed by atoms with Crippen LogP contribution in [0.3, 0.4) is 0 Å². The van der Waals surface area contributed by atoms with Crippen LogP contribution in [0.2, 0.25) is 0 Å². The second kappa shape index (κ2) is 7.05. The molecule has 3 aliphatic rings. The maximum atomic E-state index is 11.1. The Morgan fingerprint density at radius 3 is 3.00 bits per heavy atom. The molecule has 2 N–H and O–H groups in total. The summed E-state index contributed by atoms with van der Waals surface area (Å²) < 4.78 is 8.48. The van der Waals surface area contributed by atoms with E-state index in [0.717, 1.165) is 65.0 Å². The molecule has 0 saturated carbocycles. The smallest absolute Gasteiger partial charge is 0.216 e. The number of fused-ring (bicyclic) bond motifs is 1. The first-order chi connectivity index (χ1) is 12.1. The van der Waals surface area contributed by atoms with Crippen molar-refractivity contribution in [2.24, 2.45) is 0 Å². The molecule has 1 aromatic heterocycles. The minimum absolute atomic E-state index is 0.0253. The zero-order valence-electron chi connectivity index (χ0n) is 15.1. The van der Waals surface area contributed by atoms with Crippen molar-refractivity contribution in [3.8, 4) is 0 Å². The number of likely N-dealkylation sites (tertiary alicyclic amines) is 1. The van der Waals surface area contributed by atoms with Crippen LogP contribution in [-0.4, -0.2) is 58.5 Å². The van der Waals surface area contributed by atoms with Crippen molar-refractivity contribution in [2.75, 3.05) is 26.2 Å². The van der Waals surface area contributed by atoms with Crippen LogP contribution in [0.4, 0.5) is 0 Å². The summed E-state index contributed by atoms with van der Waals surface area (Å²) in [5.74, 6) is 0.0253. The highest BCUT2D eigenvalue weighted by atomic mass is 16.5. The van der Waals surface area contributed by atoms with Gasteiger partial charge in [-0.3, -0.25) is 14.4 Å². The van der Waals surface area contributed by atoms with Gasteiger partial charge in [0.2, 0.25) is 5.91 Å². The van der Waals surface area contributed by atoms with Crippen molar-refractivity contribution < 1.29 is 9.53 Å². The Kier molecular flexibility index (Phi) is 4.80. The number of rotatable bonds is 4. The van der Waals surface area contributed by atoms with E-state index in [1.165, 1.54) is 11.4 Å². The maximum absolute atomic E-state index is 11.1. The van der Waals surface area contributed by atoms with Crippen molar-refractivity contribution in [2.45, 2.75) is 63.9 Å². The lowest BCUT2D eigenvalue weighted by Gasteiger charge is -2.39. The summed E-state index contributed by atoms with van der Waals surface area (Å²) in [5, 5.41) is 11.0. The summed E-state index contributed by atoms with van der Waals surface area (Å²) in [6, 6.07) is 2.24. The Labute approximate surface area is 149 Å². The number of nitrogens with zero attached hydrogens (tertiary/aromatic N) is 3. The zero-order chi connectivity index (χ0) is 17.3. The Morgan fingerprint density at radius 2 is 2.24 bits per heavy atom. The quantitative estimate of drug-likeness (QED) is 0.836. The lowest BCUT2D eigenvalue weighted by atomic mass is 9.88. The summed E-state index contributed by atoms with van der Waals surface area (Å²) in [7, 11) is 0. The fourth-order valence-electron chi connectivity index (χ4n) is 4.34. The first-order valence-electron chi connectivity index (χ1n) is 9.53. The summed E-state index contributed by atoms with van der Waals surface area (Å²) in [5.41, 5.74) is 2.52. The van der Waals surface area contributed by atoms with Gasteiger partial charge in [0.15, 0.2) is 0 Å². The lowest BCUT2D eigenvalue weighted by molar-refractivity contribution is -0.120. The number of carbonyl (C=O) groups excluding carboxylic acids is 1. The largest absolute Gasteiger partial charge is 0.370 e. The highest BCUT2D eigenvalue weighted by Crippen LogP contribution is 2.38. The number of hydrogen-bond acceptors (Lipinski definition) is 5. The topological polar surface area (TPSA) is 71.4 Å². The molecule has 0 radical (unpaired) electrons. The molecule has 1 atom stereocenters. The van der Waals surface area contributed by atoms with Gasteiger partial charge in [-0.25, -0.2) is 0 Å². The molecule has 7 nitrogen and oxygen atoms in total. The Morgan fingerprint density at radius 1 is 1.40 bits per heavy atom. The molecule has 25 heavy (non-hydrogen) atoms. The summed E-state index contributed by atoms with van der Waals surface area (Å²) >= 11 is 0. The van der Waals surface area contributed by atoms with Crippen LogP contribution in [0.1, 0.15) is 44.0 Å². The standard InChI is InChI=1S/C18H29N5O2/c1-14(24)20-12-17-2-3-18(25-17)4-7-22(8-5-18)13-15-10-16-11-19-6-9-23(16)21-15/h10,17,19H,2-9,11-13H2,1H3,(H,20,24). The van der Waals surface area contributed by atoms with Crippen LogP contribution in [-0.2, 0) is 29.2 Å². The van der Waals surface area contributed by atoms with Crippen LogP contribution in [0.25, 0.3) is 0 Å². The average Bonchev–Trinajstić information content (AvgIpc) is 3.19. The molecule has 0 aromatic carbocycles. The van der Waals surface area contributed by atoms with Gasteiger partial charge in [-0.1, -0.05) is 0 Å². The van der Waals surface area contributed by atoms with Crippen molar-refractivity contribution >= 4 is 5.91 Å². The first-order valence-corrected chi connectivity index (χ1v) is 9.53. The highest BCUT2D eigenvalue weighted by Gasteiger charge is 2.42. The van der Waals surface area contributed by atoms with E-state index < -0.39 is 0 Å². The molecule has 7 heteroatoms. The van der Waals surface area contributed by atoms with Crippen LogP contribution in [0.15, 0.2) is 6.07 Å². The Hall–Kier alpha value is -1.44. The van der Waals surface area contributed by atoms with Crippen LogP contribution >= 0.6 is 0 Å². The molecular weight excluding hydrogens is 318 g/mol. The van der Waals surface area contributed by atoms with E-state index in [1.807, 2.05) is 0 Å². The summed E-state index contributed by atoms with van der Waals surface area (Å²) in [6.07, 6.45) is 4.52. The van der Waals surface area contributed by atoms with E-state index in [1.54, 1.807) is 6.92 Å². The zero-order valence-corrected chi connectivity index (χ0v) is 15.1. The van der Waals surface area contributed by atoms with Crippen LogP contribution in [0.5, 0.6) is 0 Å². The molecule has 1 amide bonds. The van der Waals surface area contributed by atoms with Gasteiger partial charge in [0.1, 0.15) is 0 Å². The Bertz CT molecular complexity index is 597. The molecule has 0 aliphatic carbocycles. The third kappa shape index (κ3) is 3.88. The van der Waals surface area contributed by atoms with Gasteiger partial charge in [0.05, 0.1) is 29.6 Å². The molecule has 4 rings (SSSR count). The van der Waals surface area contributed by atoms with Gasteiger partial charge in [0, 0.05) is 46.2 Å². The van der Waals surface area contributed by atoms with E-state index in [0.29, 0.717) is 6.54 Å². The van der Waals surface area contributed by atoms with Gasteiger partial charge in [0.25, 0.3) is 0 Å². The van der Waals surface area contributed by atoms with Crippen molar-refractivity contribution in [1.82, 2.24) is 25.3 Å². The minimum Gasteiger partial charge on any atom is -0.370 e. The molecule has 2 saturated heterocycles. The molecule has 1 spiro atoms. The first kappa shape index (κ1) is 17.0. The van der Waals surface area contributed by atoms with E-state index in [2.05, 4.69) is 26.3 Å². The van der Waals surface area contributed by atoms with E-state index in [-0.39, 0.29) is 17.6 Å². The van der Waals surface area contributed by atoms with Crippen molar-refractivity contribution in [3.05, 3.63) is 17.5 Å². The molecule has 1 unspecified atom stereocenters. The highest BCUT2D eigenvalue weighted by molar-refractivity contribution is 5.72. The SMILES string of the molecule is CC(=O)NCC1CCC2(CCN(Cc3cc4n(n3)CCNC4)CC2)O1. The number of piperidine rings is 1. The third-order valence-electron chi connectivity index (χ3n) is 5.79. The molecule has 1 aromatic rings. The molecule has 4 heterocycles. The minimum atomic E-state index is 0.0253. The predicted molar refractivity (Wildman–Crippen MR) is 94.0 cm³/mol. The van der Waals surface area contributed by atoms with Gasteiger partial charge < -0.3 is 15.4 Å². The second-order valence-corrected chi connectivity index (χ2v) is 7.70. The van der Waals surface area contributed by atoms with Crippen LogP contribution < -0.4 is 10.6 Å². The lowest BCUT2D eigenvalue weighted by Crippen LogP contribution is -2.44. The number of hydrogen-bond donors (Lipinski definition) is 2. The Balaban J connectivity index is 1.27. The van der Waals surface area contributed by atoms with Gasteiger partial charge in [-0.05, 0) is 31.7 Å². The van der Waals surface area contributed by atoms with Gasteiger partial charge in [-0.15, -0.1) is 0 Å². The average molecular weight is 347 g/mol. The molecule has 3 aliphatic heterocycles. The number of nitrogens with one attached hydrogen (secondary N) is 2. The van der Waals surface area contributed by atoms with Crippen molar-refractivity contribution in [1.29, 1.82) is 0 Å². The molecule has 138 valence electrons. The second-order valence-electron chi connectivity index (χ2n) is 7.70. The fraction of sp³-hybridized carbons (Fsp3) is 0.778. The molecule has 0 bridgehead atoms. The summed E-state index contributed by atoms with van der Waals surface area (Å²) in [4.78, 5) is 13.6. The van der Waals surface area contributed by atoms with Crippen molar-refractivity contribution in [3.63, 3.8) is 0 Å². The number of carbonyl (C=O) groups is 1. The van der Waals surface area contributed by atoms with Gasteiger partial charge >= 0.3 is 0 Å².